The third-order valence-corrected chi connectivity index (χ3v) is 6.85. The number of halogens is 1. The van der Waals surface area contributed by atoms with Gasteiger partial charge in [-0.05, 0) is 58.9 Å². The quantitative estimate of drug-likeness (QED) is 0.628. The van der Waals surface area contributed by atoms with Gasteiger partial charge in [0.25, 0.3) is 0 Å². The van der Waals surface area contributed by atoms with Crippen LogP contribution in [0.4, 0.5) is 5.82 Å². The van der Waals surface area contributed by atoms with E-state index in [1.807, 2.05) is 6.07 Å². The van der Waals surface area contributed by atoms with Crippen LogP contribution < -0.4 is 9.62 Å². The van der Waals surface area contributed by atoms with E-state index in [1.165, 1.54) is 25.3 Å². The van der Waals surface area contributed by atoms with Crippen LogP contribution in [0.5, 0.6) is 0 Å². The second-order valence-electron chi connectivity index (χ2n) is 6.77. The Hall–Kier alpha value is -2.01. The fourth-order valence-corrected chi connectivity index (χ4v) is 4.43. The van der Waals surface area contributed by atoms with Gasteiger partial charge in [-0.15, -0.1) is 0 Å². The Morgan fingerprint density at radius 1 is 1.21 bits per heavy atom. The molecule has 0 spiro atoms. The Morgan fingerprint density at radius 3 is 2.62 bits per heavy atom. The third kappa shape index (κ3) is 5.33. The molecule has 0 bridgehead atoms. The maximum absolute atomic E-state index is 12.7. The lowest BCUT2D eigenvalue weighted by Crippen LogP contribution is -2.44. The van der Waals surface area contributed by atoms with Crippen molar-refractivity contribution in [2.24, 2.45) is 0 Å². The lowest BCUT2D eigenvalue weighted by molar-refractivity contribution is 0.0599. The number of likely N-dealkylation sites (N-methyl/N-ethyl adjacent to an activating group) is 1. The number of nitrogens with one attached hydrogen (secondary N) is 1. The minimum absolute atomic E-state index is 0.00514. The van der Waals surface area contributed by atoms with Gasteiger partial charge in [0, 0.05) is 43.4 Å². The van der Waals surface area contributed by atoms with E-state index in [1.54, 1.807) is 12.3 Å². The van der Waals surface area contributed by atoms with E-state index < -0.39 is 16.0 Å². The average Bonchev–Trinajstić information content (AvgIpc) is 2.73. The van der Waals surface area contributed by atoms with Crippen molar-refractivity contribution in [3.05, 3.63) is 52.1 Å². The molecular weight excluding hydrogens is 460 g/mol. The number of ether oxygens (including phenoxy) is 1. The van der Waals surface area contributed by atoms with Crippen LogP contribution in [0.15, 0.2) is 45.9 Å². The summed E-state index contributed by atoms with van der Waals surface area (Å²) in [5, 5.41) is 0. The topological polar surface area (TPSA) is 91.8 Å². The molecule has 2 heterocycles. The van der Waals surface area contributed by atoms with Gasteiger partial charge in [0.05, 0.1) is 17.6 Å². The van der Waals surface area contributed by atoms with Crippen LogP contribution in [0.3, 0.4) is 0 Å². The van der Waals surface area contributed by atoms with Crippen LogP contribution in [0.2, 0.25) is 0 Å². The molecule has 1 N–H and O–H groups in total. The summed E-state index contributed by atoms with van der Waals surface area (Å²) in [7, 11) is -0.471. The largest absolute Gasteiger partial charge is 0.465 e. The van der Waals surface area contributed by atoms with Crippen LogP contribution in [0.1, 0.15) is 15.9 Å². The Balaban J connectivity index is 1.72. The van der Waals surface area contributed by atoms with Crippen molar-refractivity contribution in [2.45, 2.75) is 11.4 Å². The molecule has 0 radical (unpaired) electrons. The zero-order valence-electron chi connectivity index (χ0n) is 16.3. The molecule has 29 heavy (non-hydrogen) atoms. The first-order chi connectivity index (χ1) is 13.8. The standard InChI is InChI=1S/C19H23BrN4O4S/c1-23-7-9-24(10-8-23)18-11-14(5-6-21-18)13-22-29(26,27)15-3-4-17(20)16(12-15)19(25)28-2/h3-6,11-12,22H,7-10,13H2,1-2H3. The van der Waals surface area contributed by atoms with E-state index in [4.69, 9.17) is 4.74 Å². The number of sulfonamides is 1. The molecule has 0 atom stereocenters. The molecule has 0 aliphatic carbocycles. The summed E-state index contributed by atoms with van der Waals surface area (Å²) >= 11 is 3.23. The first-order valence-corrected chi connectivity index (χ1v) is 11.3. The van der Waals surface area contributed by atoms with Crippen molar-refractivity contribution in [2.75, 3.05) is 45.2 Å². The van der Waals surface area contributed by atoms with Gasteiger partial charge < -0.3 is 14.5 Å². The molecule has 1 aliphatic rings. The maximum Gasteiger partial charge on any atom is 0.339 e. The first-order valence-electron chi connectivity index (χ1n) is 9.06. The second-order valence-corrected chi connectivity index (χ2v) is 9.39. The molecule has 1 aliphatic heterocycles. The molecule has 0 amide bonds. The minimum Gasteiger partial charge on any atom is -0.465 e. The number of methoxy groups -OCH3 is 1. The molecule has 3 rings (SSSR count). The molecule has 8 nitrogen and oxygen atoms in total. The van der Waals surface area contributed by atoms with E-state index in [0.717, 1.165) is 37.6 Å². The van der Waals surface area contributed by atoms with Gasteiger partial charge in [0.15, 0.2) is 0 Å². The summed E-state index contributed by atoms with van der Waals surface area (Å²) < 4.78 is 33.1. The Bertz CT molecular complexity index is 991. The maximum atomic E-state index is 12.7. The molecule has 156 valence electrons. The van der Waals surface area contributed by atoms with Crippen molar-refractivity contribution in [3.63, 3.8) is 0 Å². The smallest absolute Gasteiger partial charge is 0.339 e. The average molecular weight is 483 g/mol. The lowest BCUT2D eigenvalue weighted by atomic mass is 10.2. The number of nitrogens with zero attached hydrogens (tertiary/aromatic N) is 3. The summed E-state index contributed by atoms with van der Waals surface area (Å²) in [6, 6.07) is 7.92. The summed E-state index contributed by atoms with van der Waals surface area (Å²) in [5.41, 5.74) is 0.958. The summed E-state index contributed by atoms with van der Waals surface area (Å²) in [6.07, 6.45) is 1.69. The van der Waals surface area contributed by atoms with Gasteiger partial charge in [-0.1, -0.05) is 0 Å². The minimum atomic E-state index is -3.80. The van der Waals surface area contributed by atoms with Crippen molar-refractivity contribution in [3.8, 4) is 0 Å². The monoisotopic (exact) mass is 482 g/mol. The zero-order chi connectivity index (χ0) is 21.0. The molecule has 0 unspecified atom stereocenters. The lowest BCUT2D eigenvalue weighted by Gasteiger charge is -2.33. The molecule has 10 heteroatoms. The van der Waals surface area contributed by atoms with Gasteiger partial charge in [0.2, 0.25) is 10.0 Å². The van der Waals surface area contributed by atoms with Crippen molar-refractivity contribution in [1.29, 1.82) is 0 Å². The molecule has 2 aromatic rings. The van der Waals surface area contributed by atoms with Crippen LogP contribution >= 0.6 is 15.9 Å². The van der Waals surface area contributed by atoms with Crippen LogP contribution in [0.25, 0.3) is 0 Å². The number of piperazine rings is 1. The Morgan fingerprint density at radius 2 is 1.93 bits per heavy atom. The Kier molecular flexibility index (Phi) is 6.89. The van der Waals surface area contributed by atoms with E-state index in [2.05, 4.69) is 42.5 Å². The number of anilines is 1. The highest BCUT2D eigenvalue weighted by molar-refractivity contribution is 9.10. The normalized spacial score (nSPS) is 15.3. The van der Waals surface area contributed by atoms with Gasteiger partial charge >= 0.3 is 5.97 Å². The Labute approximate surface area is 179 Å². The van der Waals surface area contributed by atoms with Crippen LogP contribution in [-0.4, -0.2) is 64.6 Å². The van der Waals surface area contributed by atoms with Gasteiger partial charge in [-0.3, -0.25) is 0 Å². The van der Waals surface area contributed by atoms with Crippen LogP contribution in [0, 0.1) is 0 Å². The number of benzene rings is 1. The highest BCUT2D eigenvalue weighted by Gasteiger charge is 2.20. The number of esters is 1. The summed E-state index contributed by atoms with van der Waals surface area (Å²) in [6.45, 7) is 3.81. The zero-order valence-corrected chi connectivity index (χ0v) is 18.7. The van der Waals surface area contributed by atoms with Gasteiger partial charge in [-0.25, -0.2) is 22.9 Å². The summed E-state index contributed by atoms with van der Waals surface area (Å²) in [4.78, 5) is 20.7. The SMILES string of the molecule is COC(=O)c1cc(S(=O)(=O)NCc2ccnc(N3CCN(C)CC3)c2)ccc1Br. The number of aromatic nitrogens is 1. The molecule has 1 aromatic heterocycles. The van der Waals surface area contributed by atoms with E-state index in [-0.39, 0.29) is 17.0 Å². The number of rotatable bonds is 6. The number of hydrogen-bond acceptors (Lipinski definition) is 7. The number of hydrogen-bond donors (Lipinski definition) is 1. The molecule has 0 saturated carbocycles. The highest BCUT2D eigenvalue weighted by Crippen LogP contribution is 2.22. The van der Waals surface area contributed by atoms with E-state index >= 15 is 0 Å². The van der Waals surface area contributed by atoms with Crippen LogP contribution in [-0.2, 0) is 21.3 Å². The second kappa shape index (κ2) is 9.21. The fourth-order valence-electron chi connectivity index (χ4n) is 2.98. The molecule has 1 aromatic carbocycles. The van der Waals surface area contributed by atoms with Gasteiger partial charge in [-0.2, -0.15) is 0 Å². The van der Waals surface area contributed by atoms with E-state index in [0.29, 0.717) is 4.47 Å². The predicted octanol–water partition coefficient (Wildman–Crippen LogP) is 1.86. The molecular formula is C19H23BrN4O4S. The molecule has 1 fully saturated rings. The van der Waals surface area contributed by atoms with Crippen molar-refractivity contribution < 1.29 is 17.9 Å². The van der Waals surface area contributed by atoms with Crippen molar-refractivity contribution in [1.82, 2.24) is 14.6 Å². The summed E-state index contributed by atoms with van der Waals surface area (Å²) in [5.74, 6) is 0.228. The predicted molar refractivity (Wildman–Crippen MR) is 113 cm³/mol. The number of carbonyl (C=O) groups excluding carboxylic acids is 1. The fraction of sp³-hybridized carbons (Fsp3) is 0.368. The number of pyridine rings is 1. The third-order valence-electron chi connectivity index (χ3n) is 4.76. The van der Waals surface area contributed by atoms with E-state index in [9.17, 15) is 13.2 Å². The highest BCUT2D eigenvalue weighted by atomic mass is 79.9. The van der Waals surface area contributed by atoms with Gasteiger partial charge in [0.1, 0.15) is 5.82 Å². The van der Waals surface area contributed by atoms with Crippen molar-refractivity contribution >= 4 is 37.7 Å². The molecule has 1 saturated heterocycles. The number of carbonyl (C=O) groups is 1. The first kappa shape index (κ1) is 21.7.